The fourth-order valence-electron chi connectivity index (χ4n) is 1.99. The zero-order valence-corrected chi connectivity index (χ0v) is 11.2. The Labute approximate surface area is 107 Å². The summed E-state index contributed by atoms with van der Waals surface area (Å²) in [6.45, 7) is 7.70. The molecule has 18 heavy (non-hydrogen) atoms. The highest BCUT2D eigenvalue weighted by Gasteiger charge is 2.28. The zero-order chi connectivity index (χ0) is 13.2. The smallest absolute Gasteiger partial charge is 0.229 e. The molecule has 0 bridgehead atoms. The quantitative estimate of drug-likeness (QED) is 0.818. The van der Waals surface area contributed by atoms with Gasteiger partial charge in [0.25, 0.3) is 0 Å². The summed E-state index contributed by atoms with van der Waals surface area (Å²) >= 11 is 0. The summed E-state index contributed by atoms with van der Waals surface area (Å²) in [4.78, 5) is 15.0. The molecule has 0 unspecified atom stereocenters. The molecule has 2 rings (SSSR count). The minimum atomic E-state index is -0.872. The summed E-state index contributed by atoms with van der Waals surface area (Å²) in [7, 11) is 0. The molecule has 1 aliphatic heterocycles. The fraction of sp³-hybridized carbons (Fsp3) is 0.750. The van der Waals surface area contributed by atoms with Crippen LogP contribution in [0.15, 0.2) is 0 Å². The van der Waals surface area contributed by atoms with E-state index in [4.69, 9.17) is 4.74 Å². The van der Waals surface area contributed by atoms with Gasteiger partial charge in [0.2, 0.25) is 5.95 Å². The van der Waals surface area contributed by atoms with Crippen molar-refractivity contribution in [2.24, 2.45) is 0 Å². The van der Waals surface area contributed by atoms with Crippen molar-refractivity contribution in [3.63, 3.8) is 0 Å². The molecule has 6 heteroatoms. The molecule has 1 saturated heterocycles. The Morgan fingerprint density at radius 1 is 1.39 bits per heavy atom. The van der Waals surface area contributed by atoms with E-state index in [2.05, 4.69) is 15.0 Å². The van der Waals surface area contributed by atoms with Crippen molar-refractivity contribution in [1.29, 1.82) is 0 Å². The lowest BCUT2D eigenvalue weighted by atomic mass is 10.1. The van der Waals surface area contributed by atoms with Crippen molar-refractivity contribution < 1.29 is 9.84 Å². The van der Waals surface area contributed by atoms with Gasteiger partial charge in [0.15, 0.2) is 0 Å². The number of β-amino-alcohol motifs (C(OH)–C–C–N with tert-alkyl or cyclic N) is 1. The highest BCUT2D eigenvalue weighted by molar-refractivity contribution is 5.31. The molecule has 100 valence electrons. The van der Waals surface area contributed by atoms with Crippen LogP contribution in [0.2, 0.25) is 0 Å². The number of anilines is 1. The van der Waals surface area contributed by atoms with Gasteiger partial charge in [0.05, 0.1) is 19.8 Å². The van der Waals surface area contributed by atoms with Crippen LogP contribution in [-0.2, 0) is 11.2 Å². The number of aliphatic hydroxyl groups is 1. The molecule has 0 aliphatic carbocycles. The van der Waals surface area contributed by atoms with E-state index >= 15 is 0 Å². The third-order valence-corrected chi connectivity index (χ3v) is 2.83. The highest BCUT2D eigenvalue weighted by atomic mass is 16.5. The Morgan fingerprint density at radius 3 is 2.89 bits per heavy atom. The highest BCUT2D eigenvalue weighted by Crippen LogP contribution is 2.16. The van der Waals surface area contributed by atoms with E-state index in [1.54, 1.807) is 6.92 Å². The van der Waals surface area contributed by atoms with Crippen LogP contribution in [0.5, 0.6) is 0 Å². The molecule has 2 heterocycles. The van der Waals surface area contributed by atoms with Gasteiger partial charge in [-0.25, -0.2) is 4.98 Å². The van der Waals surface area contributed by atoms with E-state index in [1.807, 2.05) is 18.7 Å². The fourth-order valence-corrected chi connectivity index (χ4v) is 1.99. The standard InChI is InChI=1S/C12H20N4O2/c1-4-10-13-9(2)14-11(15-10)16-5-6-18-8-12(3,17)7-16/h17H,4-8H2,1-3H3/t12-/m0/s1. The van der Waals surface area contributed by atoms with E-state index in [9.17, 15) is 5.11 Å². The molecular weight excluding hydrogens is 232 g/mol. The Morgan fingerprint density at radius 2 is 2.17 bits per heavy atom. The van der Waals surface area contributed by atoms with E-state index in [1.165, 1.54) is 0 Å². The van der Waals surface area contributed by atoms with Crippen molar-refractivity contribution >= 4 is 5.95 Å². The second-order valence-corrected chi connectivity index (χ2v) is 4.92. The summed E-state index contributed by atoms with van der Waals surface area (Å²) in [6, 6.07) is 0. The second kappa shape index (κ2) is 5.16. The van der Waals surface area contributed by atoms with E-state index in [-0.39, 0.29) is 0 Å². The molecule has 1 aromatic heterocycles. The van der Waals surface area contributed by atoms with Crippen molar-refractivity contribution in [3.05, 3.63) is 11.6 Å². The Balaban J connectivity index is 2.26. The van der Waals surface area contributed by atoms with Gasteiger partial charge in [0.1, 0.15) is 17.2 Å². The lowest BCUT2D eigenvalue weighted by Crippen LogP contribution is -2.42. The minimum Gasteiger partial charge on any atom is -0.386 e. The molecule has 1 aromatic rings. The number of hydrogen-bond donors (Lipinski definition) is 1. The van der Waals surface area contributed by atoms with Gasteiger partial charge in [0, 0.05) is 13.0 Å². The first-order chi connectivity index (χ1) is 8.50. The maximum atomic E-state index is 10.1. The molecule has 0 saturated carbocycles. The molecular formula is C12H20N4O2. The van der Waals surface area contributed by atoms with Crippen LogP contribution in [0, 0.1) is 6.92 Å². The summed E-state index contributed by atoms with van der Waals surface area (Å²) < 4.78 is 5.39. The monoisotopic (exact) mass is 252 g/mol. The van der Waals surface area contributed by atoms with Crippen molar-refractivity contribution in [3.8, 4) is 0 Å². The first kappa shape index (κ1) is 13.2. The molecule has 1 aliphatic rings. The molecule has 6 nitrogen and oxygen atoms in total. The number of hydrogen-bond acceptors (Lipinski definition) is 6. The number of aromatic nitrogens is 3. The lowest BCUT2D eigenvalue weighted by molar-refractivity contribution is -0.0123. The topological polar surface area (TPSA) is 71.4 Å². The average molecular weight is 252 g/mol. The van der Waals surface area contributed by atoms with Crippen LogP contribution < -0.4 is 4.90 Å². The van der Waals surface area contributed by atoms with Gasteiger partial charge in [-0.3, -0.25) is 0 Å². The molecule has 1 atom stereocenters. The van der Waals surface area contributed by atoms with E-state index in [0.29, 0.717) is 38.1 Å². The number of rotatable bonds is 2. The van der Waals surface area contributed by atoms with Gasteiger partial charge < -0.3 is 14.7 Å². The normalized spacial score (nSPS) is 25.0. The van der Waals surface area contributed by atoms with Gasteiger partial charge in [-0.1, -0.05) is 6.92 Å². The first-order valence-corrected chi connectivity index (χ1v) is 6.27. The largest absolute Gasteiger partial charge is 0.386 e. The number of ether oxygens (including phenoxy) is 1. The molecule has 0 radical (unpaired) electrons. The van der Waals surface area contributed by atoms with Crippen LogP contribution >= 0.6 is 0 Å². The maximum absolute atomic E-state index is 10.1. The molecule has 1 fully saturated rings. The maximum Gasteiger partial charge on any atom is 0.229 e. The van der Waals surface area contributed by atoms with E-state index < -0.39 is 5.60 Å². The van der Waals surface area contributed by atoms with Gasteiger partial charge in [-0.05, 0) is 13.8 Å². The third kappa shape index (κ3) is 3.14. The van der Waals surface area contributed by atoms with Crippen LogP contribution in [0.3, 0.4) is 0 Å². The van der Waals surface area contributed by atoms with Crippen molar-refractivity contribution in [1.82, 2.24) is 15.0 Å². The zero-order valence-electron chi connectivity index (χ0n) is 11.2. The summed E-state index contributed by atoms with van der Waals surface area (Å²) in [5.74, 6) is 2.12. The summed E-state index contributed by atoms with van der Waals surface area (Å²) in [6.07, 6.45) is 0.775. The van der Waals surface area contributed by atoms with Gasteiger partial charge in [-0.2, -0.15) is 9.97 Å². The third-order valence-electron chi connectivity index (χ3n) is 2.83. The average Bonchev–Trinajstić information content (AvgIpc) is 2.49. The van der Waals surface area contributed by atoms with Crippen LogP contribution in [-0.4, -0.2) is 52.0 Å². The second-order valence-electron chi connectivity index (χ2n) is 4.92. The Kier molecular flexibility index (Phi) is 3.77. The molecule has 0 aromatic carbocycles. The van der Waals surface area contributed by atoms with E-state index in [0.717, 1.165) is 12.2 Å². The van der Waals surface area contributed by atoms with Gasteiger partial charge >= 0.3 is 0 Å². The lowest BCUT2D eigenvalue weighted by Gasteiger charge is -2.27. The summed E-state index contributed by atoms with van der Waals surface area (Å²) in [5.41, 5.74) is -0.872. The van der Waals surface area contributed by atoms with Crippen LogP contribution in [0.4, 0.5) is 5.95 Å². The van der Waals surface area contributed by atoms with Crippen LogP contribution in [0.25, 0.3) is 0 Å². The minimum absolute atomic E-state index is 0.341. The summed E-state index contributed by atoms with van der Waals surface area (Å²) in [5, 5.41) is 10.1. The molecule has 0 spiro atoms. The van der Waals surface area contributed by atoms with Crippen LogP contribution in [0.1, 0.15) is 25.5 Å². The SMILES string of the molecule is CCc1nc(C)nc(N2CCOC[C@@](C)(O)C2)n1. The molecule has 1 N–H and O–H groups in total. The number of aryl methyl sites for hydroxylation is 2. The predicted molar refractivity (Wildman–Crippen MR) is 67.6 cm³/mol. The Hall–Kier alpha value is -1.27. The Bertz CT molecular complexity index is 423. The van der Waals surface area contributed by atoms with Crippen molar-refractivity contribution in [2.45, 2.75) is 32.8 Å². The van der Waals surface area contributed by atoms with Gasteiger partial charge in [-0.15, -0.1) is 0 Å². The molecule has 0 amide bonds. The first-order valence-electron chi connectivity index (χ1n) is 6.27. The van der Waals surface area contributed by atoms with Crippen molar-refractivity contribution in [2.75, 3.05) is 31.2 Å². The predicted octanol–water partition coefficient (Wildman–Crippen LogP) is 0.330. The number of nitrogens with zero attached hydrogens (tertiary/aromatic N) is 4.